The third-order valence-corrected chi connectivity index (χ3v) is 3.27. The van der Waals surface area contributed by atoms with Crippen LogP contribution in [0.25, 0.3) is 0 Å². The Bertz CT molecular complexity index is 589. The van der Waals surface area contributed by atoms with Gasteiger partial charge in [-0.3, -0.25) is 0 Å². The van der Waals surface area contributed by atoms with Crippen molar-refractivity contribution in [3.05, 3.63) is 52.4 Å². The summed E-state index contributed by atoms with van der Waals surface area (Å²) >= 11 is 6.09. The summed E-state index contributed by atoms with van der Waals surface area (Å²) in [5, 5.41) is 3.98. The van der Waals surface area contributed by atoms with Gasteiger partial charge in [-0.15, -0.1) is 0 Å². The summed E-state index contributed by atoms with van der Waals surface area (Å²) < 4.78 is 5.66. The molecule has 1 N–H and O–H groups in total. The highest BCUT2D eigenvalue weighted by Gasteiger charge is 2.04. The molecule has 1 aromatic heterocycles. The van der Waals surface area contributed by atoms with Crippen molar-refractivity contribution in [3.8, 4) is 0 Å². The lowest BCUT2D eigenvalue weighted by molar-refractivity contribution is 0.102. The number of hydrogen-bond acceptors (Lipinski definition) is 4. The highest BCUT2D eigenvalue weighted by Crippen LogP contribution is 2.16. The molecule has 5 heteroatoms. The SMILES string of the molecule is CCCNc1cc(C)nc(COCc2ccccc2Cl)n1. The van der Waals surface area contributed by atoms with Crippen molar-refractivity contribution in [2.75, 3.05) is 11.9 Å². The number of halogens is 1. The van der Waals surface area contributed by atoms with Gasteiger partial charge in [0.1, 0.15) is 12.4 Å². The molecule has 1 heterocycles. The fourth-order valence-corrected chi connectivity index (χ4v) is 2.10. The lowest BCUT2D eigenvalue weighted by Gasteiger charge is -2.09. The second-order valence-electron chi connectivity index (χ2n) is 4.82. The molecule has 1 aromatic carbocycles. The smallest absolute Gasteiger partial charge is 0.156 e. The maximum absolute atomic E-state index is 6.09. The van der Waals surface area contributed by atoms with E-state index >= 15 is 0 Å². The number of nitrogens with one attached hydrogen (secondary N) is 1. The van der Waals surface area contributed by atoms with Gasteiger partial charge >= 0.3 is 0 Å². The average Bonchev–Trinajstić information content (AvgIpc) is 2.47. The molecule has 2 aromatic rings. The van der Waals surface area contributed by atoms with Crippen LogP contribution in [-0.2, 0) is 18.0 Å². The van der Waals surface area contributed by atoms with Crippen molar-refractivity contribution in [3.63, 3.8) is 0 Å². The van der Waals surface area contributed by atoms with Crippen LogP contribution in [0.4, 0.5) is 5.82 Å². The quantitative estimate of drug-likeness (QED) is 0.840. The summed E-state index contributed by atoms with van der Waals surface area (Å²) in [5.74, 6) is 1.53. The summed E-state index contributed by atoms with van der Waals surface area (Å²) in [6.07, 6.45) is 1.06. The molecule has 0 spiro atoms. The van der Waals surface area contributed by atoms with Gasteiger partial charge in [-0.25, -0.2) is 9.97 Å². The largest absolute Gasteiger partial charge is 0.370 e. The minimum atomic E-state index is 0.369. The van der Waals surface area contributed by atoms with Crippen molar-refractivity contribution in [1.29, 1.82) is 0 Å². The van der Waals surface area contributed by atoms with Crippen molar-refractivity contribution < 1.29 is 4.74 Å². The van der Waals surface area contributed by atoms with Gasteiger partial charge in [-0.1, -0.05) is 36.7 Å². The lowest BCUT2D eigenvalue weighted by Crippen LogP contribution is -2.07. The van der Waals surface area contributed by atoms with Gasteiger partial charge < -0.3 is 10.1 Å². The third-order valence-electron chi connectivity index (χ3n) is 2.90. The Morgan fingerprint density at radius 3 is 2.76 bits per heavy atom. The van der Waals surface area contributed by atoms with Crippen LogP contribution < -0.4 is 5.32 Å². The summed E-state index contributed by atoms with van der Waals surface area (Å²) in [6, 6.07) is 9.60. The normalized spacial score (nSPS) is 10.6. The standard InChI is InChI=1S/C16H20ClN3O/c1-3-8-18-15-9-12(2)19-16(20-15)11-21-10-13-6-4-5-7-14(13)17/h4-7,9H,3,8,10-11H2,1-2H3,(H,18,19,20). The Labute approximate surface area is 130 Å². The molecule has 0 radical (unpaired) electrons. The first-order valence-corrected chi connectivity index (χ1v) is 7.46. The second kappa shape index (κ2) is 7.96. The molecular formula is C16H20ClN3O. The van der Waals surface area contributed by atoms with E-state index in [1.165, 1.54) is 0 Å². The summed E-state index contributed by atoms with van der Waals surface area (Å²) in [6.45, 7) is 5.80. The predicted molar refractivity (Wildman–Crippen MR) is 85.5 cm³/mol. The van der Waals surface area contributed by atoms with Gasteiger partial charge in [0.15, 0.2) is 5.82 Å². The van der Waals surface area contributed by atoms with Crippen LogP contribution in [0.3, 0.4) is 0 Å². The van der Waals surface area contributed by atoms with Crippen molar-refractivity contribution >= 4 is 17.4 Å². The van der Waals surface area contributed by atoms with E-state index < -0.39 is 0 Å². The number of nitrogens with zero attached hydrogens (tertiary/aromatic N) is 2. The number of benzene rings is 1. The number of rotatable bonds is 7. The van der Waals surface area contributed by atoms with Crippen LogP contribution in [0.5, 0.6) is 0 Å². The van der Waals surface area contributed by atoms with E-state index in [-0.39, 0.29) is 0 Å². The molecule has 0 saturated heterocycles. The van der Waals surface area contributed by atoms with E-state index in [9.17, 15) is 0 Å². The second-order valence-corrected chi connectivity index (χ2v) is 5.23. The number of aromatic nitrogens is 2. The van der Waals surface area contributed by atoms with Crippen LogP contribution in [0.15, 0.2) is 30.3 Å². The molecule has 2 rings (SSSR count). The van der Waals surface area contributed by atoms with Crippen LogP contribution in [0.2, 0.25) is 5.02 Å². The zero-order valence-electron chi connectivity index (χ0n) is 12.4. The number of hydrogen-bond donors (Lipinski definition) is 1. The third kappa shape index (κ3) is 4.99. The number of anilines is 1. The minimum absolute atomic E-state index is 0.369. The van der Waals surface area contributed by atoms with Crippen LogP contribution in [0, 0.1) is 6.92 Å². The van der Waals surface area contributed by atoms with Gasteiger partial charge in [0, 0.05) is 23.3 Å². The highest BCUT2D eigenvalue weighted by molar-refractivity contribution is 6.31. The van der Waals surface area contributed by atoms with Crippen molar-refractivity contribution in [1.82, 2.24) is 9.97 Å². The number of aryl methyl sites for hydroxylation is 1. The molecule has 21 heavy (non-hydrogen) atoms. The molecule has 0 fully saturated rings. The predicted octanol–water partition coefficient (Wildman–Crippen LogP) is 3.98. The molecule has 0 aliphatic heterocycles. The van der Waals surface area contributed by atoms with E-state index in [0.717, 1.165) is 30.0 Å². The van der Waals surface area contributed by atoms with E-state index in [4.69, 9.17) is 16.3 Å². The fourth-order valence-electron chi connectivity index (χ4n) is 1.91. The Kier molecular flexibility index (Phi) is 5.96. The first-order valence-electron chi connectivity index (χ1n) is 7.08. The van der Waals surface area contributed by atoms with Crippen molar-refractivity contribution in [2.45, 2.75) is 33.5 Å². The summed E-state index contributed by atoms with van der Waals surface area (Å²) in [4.78, 5) is 8.83. The van der Waals surface area contributed by atoms with E-state index in [2.05, 4.69) is 22.2 Å². The monoisotopic (exact) mass is 305 g/mol. The zero-order chi connectivity index (χ0) is 15.1. The molecule has 112 valence electrons. The van der Waals surface area contributed by atoms with Gasteiger partial charge in [0.05, 0.1) is 6.61 Å². The first-order chi connectivity index (χ1) is 10.2. The molecule has 0 atom stereocenters. The molecule has 0 aliphatic rings. The van der Waals surface area contributed by atoms with E-state index in [1.54, 1.807) is 0 Å². The molecule has 0 saturated carbocycles. The van der Waals surface area contributed by atoms with E-state index in [1.807, 2.05) is 37.3 Å². The zero-order valence-corrected chi connectivity index (χ0v) is 13.2. The highest BCUT2D eigenvalue weighted by atomic mass is 35.5. The maximum Gasteiger partial charge on any atom is 0.156 e. The Hall–Kier alpha value is -1.65. The Morgan fingerprint density at radius 1 is 1.19 bits per heavy atom. The van der Waals surface area contributed by atoms with E-state index in [0.29, 0.717) is 24.1 Å². The van der Waals surface area contributed by atoms with Gasteiger partial charge in [0.25, 0.3) is 0 Å². The van der Waals surface area contributed by atoms with Crippen LogP contribution in [-0.4, -0.2) is 16.5 Å². The van der Waals surface area contributed by atoms with Gasteiger partial charge in [-0.05, 0) is 25.0 Å². The lowest BCUT2D eigenvalue weighted by atomic mass is 10.2. The van der Waals surface area contributed by atoms with Gasteiger partial charge in [0.2, 0.25) is 0 Å². The Balaban J connectivity index is 1.93. The van der Waals surface area contributed by atoms with Crippen LogP contribution >= 0.6 is 11.6 Å². The minimum Gasteiger partial charge on any atom is -0.370 e. The molecule has 0 bridgehead atoms. The molecule has 0 aliphatic carbocycles. The fraction of sp³-hybridized carbons (Fsp3) is 0.375. The molecular weight excluding hydrogens is 286 g/mol. The molecule has 0 amide bonds. The van der Waals surface area contributed by atoms with Crippen LogP contribution in [0.1, 0.15) is 30.4 Å². The number of ether oxygens (including phenoxy) is 1. The van der Waals surface area contributed by atoms with Crippen molar-refractivity contribution in [2.24, 2.45) is 0 Å². The molecule has 0 unspecified atom stereocenters. The van der Waals surface area contributed by atoms with Gasteiger partial charge in [-0.2, -0.15) is 0 Å². The average molecular weight is 306 g/mol. The molecule has 4 nitrogen and oxygen atoms in total. The maximum atomic E-state index is 6.09. The first kappa shape index (κ1) is 15.7. The summed E-state index contributed by atoms with van der Waals surface area (Å²) in [7, 11) is 0. The topological polar surface area (TPSA) is 47.0 Å². The Morgan fingerprint density at radius 2 is 2.00 bits per heavy atom. The summed E-state index contributed by atoms with van der Waals surface area (Å²) in [5.41, 5.74) is 1.90.